The van der Waals surface area contributed by atoms with E-state index in [4.69, 9.17) is 22.8 Å². The van der Waals surface area contributed by atoms with Crippen LogP contribution < -0.4 is 5.73 Å². The summed E-state index contributed by atoms with van der Waals surface area (Å²) >= 11 is 9.72. The van der Waals surface area contributed by atoms with Crippen LogP contribution in [0.5, 0.6) is 0 Å². The molecule has 18 nitrogen and oxygen atoms in total. The molecule has 0 bridgehead atoms. The fourth-order valence-electron chi connectivity index (χ4n) is 3.71. The Morgan fingerprint density at radius 3 is 1.10 bits per heavy atom. The second kappa shape index (κ2) is 39.0. The van der Waals surface area contributed by atoms with Crippen LogP contribution in [-0.2, 0) is 36.1 Å². The van der Waals surface area contributed by atoms with Gasteiger partial charge in [0.1, 0.15) is 33.5 Å². The van der Waals surface area contributed by atoms with Crippen molar-refractivity contribution in [3.05, 3.63) is 124 Å². The van der Waals surface area contributed by atoms with Crippen molar-refractivity contribution in [2.24, 2.45) is 5.34 Å². The van der Waals surface area contributed by atoms with Crippen molar-refractivity contribution in [1.29, 1.82) is 10.5 Å². The van der Waals surface area contributed by atoms with Gasteiger partial charge in [-0.3, -0.25) is 34.5 Å². The SMILES string of the molecule is CC(=O)c1cnc(C(C)C)cn1.CC(=O)c1cnc(C(C)C)cn1.CC(C)(C)ON=O.CC(C)c1cnc(Br)cn1.CC(C)c1cnc(C#N)cn1.CC(C)c1cnc(N)cn1.[C-]#N.[Cu+].[Cu][Br]. The Morgan fingerprint density at radius 1 is 0.597 bits per heavy atom. The number of nitrogens with zero attached hydrogens (tertiary/aromatic N) is 13. The third-order valence-corrected chi connectivity index (χ3v) is 7.86. The van der Waals surface area contributed by atoms with Crippen LogP contribution in [0.15, 0.2) is 71.9 Å². The summed E-state index contributed by atoms with van der Waals surface area (Å²) in [4.78, 5) is 75.7. The van der Waals surface area contributed by atoms with Gasteiger partial charge in [0.15, 0.2) is 22.6 Å². The van der Waals surface area contributed by atoms with E-state index < -0.39 is 5.60 Å². The molecule has 5 aromatic rings. The summed E-state index contributed by atoms with van der Waals surface area (Å²) in [6.07, 6.45) is 16.3. The summed E-state index contributed by atoms with van der Waals surface area (Å²) in [7, 11) is 0. The van der Waals surface area contributed by atoms with Gasteiger partial charge in [0.2, 0.25) is 0 Å². The molecule has 0 atom stereocenters. The van der Waals surface area contributed by atoms with Crippen molar-refractivity contribution in [2.45, 2.75) is 139 Å². The number of nitrogens with two attached hydrogens (primary N) is 1. The van der Waals surface area contributed by atoms with Gasteiger partial charge in [-0.25, -0.2) is 24.9 Å². The Kier molecular flexibility index (Phi) is 39.8. The molecule has 0 aliphatic heterocycles. The molecule has 5 aromatic heterocycles. The standard InChI is InChI=1S/2C9H12N2O.C8H9N3.C7H9BrN2.C7H11N3.C4H9NO2.CN.BrH.2Cu/c2*1-6(2)8-4-11-9(5-10-8)7(3)12;1-6(2)8-5-10-7(3-9)4-11-8;2*1-5(2)6-3-10-7(8)4-9-6;1-4(2,3)7-5-6;1-2;;;/h2*4-6H,1-3H3;4-6H,1-2H3;3-5H,1-2H3;3-5H,1-2H3,(H2,8,10);1-3H3;;1H;;/q;;;;;;-1;;2*+1/p-1. The van der Waals surface area contributed by atoms with Gasteiger partial charge in [-0.05, 0) is 66.3 Å². The third-order valence-electron chi connectivity index (χ3n) is 7.45. The summed E-state index contributed by atoms with van der Waals surface area (Å²) < 4.78 is 0.789. The summed E-state index contributed by atoms with van der Waals surface area (Å²) in [6.45, 7) is 33.6. The summed E-state index contributed by atoms with van der Waals surface area (Å²) in [6, 6.07) is 1.92. The van der Waals surface area contributed by atoms with Gasteiger partial charge in [-0.1, -0.05) is 69.2 Å². The Balaban J connectivity index is -0.000000351. The molecule has 5 heterocycles. The number of carbonyl (C=O) groups excluding carboxylic acids is 2. The topological polar surface area (TPSA) is 275 Å². The van der Waals surface area contributed by atoms with E-state index in [1.54, 1.807) is 64.1 Å². The van der Waals surface area contributed by atoms with Crippen molar-refractivity contribution in [1.82, 2.24) is 49.8 Å². The average Bonchev–Trinajstić information content (AvgIpc) is 3.28. The Labute approximate surface area is 430 Å². The van der Waals surface area contributed by atoms with E-state index in [0.29, 0.717) is 52.5 Å². The van der Waals surface area contributed by atoms with Crippen LogP contribution in [0, 0.1) is 28.1 Å². The molecule has 67 heavy (non-hydrogen) atoms. The van der Waals surface area contributed by atoms with Crippen LogP contribution in [0.4, 0.5) is 5.82 Å². The van der Waals surface area contributed by atoms with Crippen LogP contribution in [0.1, 0.15) is 189 Å². The molecule has 0 spiro atoms. The van der Waals surface area contributed by atoms with E-state index in [-0.39, 0.29) is 28.6 Å². The van der Waals surface area contributed by atoms with Gasteiger partial charge in [0.05, 0.1) is 71.8 Å². The molecular weight excluding hydrogens is 1090 g/mol. The van der Waals surface area contributed by atoms with Crippen molar-refractivity contribution < 1.29 is 45.7 Å². The van der Waals surface area contributed by atoms with Gasteiger partial charge >= 0.3 is 45.4 Å². The molecule has 0 unspecified atom stereocenters. The van der Waals surface area contributed by atoms with Crippen LogP contribution in [-0.4, -0.2) is 67.0 Å². The zero-order chi connectivity index (χ0) is 51.6. The molecule has 0 saturated carbocycles. The number of carbonyl (C=O) groups is 2. The van der Waals surface area contributed by atoms with Crippen LogP contribution in [0.2, 0.25) is 0 Å². The molecule has 0 fully saturated rings. The first-order valence-electron chi connectivity index (χ1n) is 20.2. The number of rotatable bonds is 8. The minimum absolute atomic E-state index is 0. The molecule has 5 rings (SSSR count). The second-order valence-corrected chi connectivity index (χ2v) is 16.7. The zero-order valence-electron chi connectivity index (χ0n) is 40.5. The normalized spacial score (nSPS) is 9.63. The maximum absolute atomic E-state index is 10.8. The van der Waals surface area contributed by atoms with Gasteiger partial charge in [0.25, 0.3) is 0 Å². The minimum atomic E-state index is -0.429. The molecule has 22 heteroatoms. The Morgan fingerprint density at radius 2 is 0.910 bits per heavy atom. The summed E-state index contributed by atoms with van der Waals surface area (Å²) in [5.41, 5.74) is 10.9. The van der Waals surface area contributed by atoms with Gasteiger partial charge in [-0.2, -0.15) is 5.26 Å². The first-order valence-corrected chi connectivity index (χ1v) is 23.3. The zero-order valence-corrected chi connectivity index (χ0v) is 45.6. The molecule has 0 aliphatic rings. The summed E-state index contributed by atoms with van der Waals surface area (Å²) in [5.74, 6) is 2.36. The number of anilines is 1. The number of aromatic nitrogens is 10. The monoisotopic (exact) mass is 1150 g/mol. The number of nitriles is 1. The third kappa shape index (κ3) is 34.0. The molecule has 2 N–H and O–H groups in total. The van der Waals surface area contributed by atoms with Crippen LogP contribution in [0.25, 0.3) is 0 Å². The molecule has 0 aliphatic carbocycles. The first kappa shape index (κ1) is 68.5. The van der Waals surface area contributed by atoms with E-state index in [9.17, 15) is 14.5 Å². The predicted octanol–water partition coefficient (Wildman–Crippen LogP) is 11.0. The number of halogens is 2. The number of hydrogen-bond donors (Lipinski definition) is 1. The van der Waals surface area contributed by atoms with Crippen LogP contribution in [0.3, 0.4) is 0 Å². The van der Waals surface area contributed by atoms with E-state index in [0.717, 1.165) is 33.1 Å². The average molecular weight is 1150 g/mol. The van der Waals surface area contributed by atoms with Gasteiger partial charge in [-0.15, -0.1) is 4.91 Å². The van der Waals surface area contributed by atoms with Crippen molar-refractivity contribution >= 4 is 47.4 Å². The number of ketones is 2. The number of hydrogen-bond acceptors (Lipinski definition) is 18. The Hall–Kier alpha value is -5.08. The van der Waals surface area contributed by atoms with Crippen molar-refractivity contribution in [2.75, 3.05) is 5.73 Å². The van der Waals surface area contributed by atoms with E-state index >= 15 is 0 Å². The maximum atomic E-state index is 10.8. The van der Waals surface area contributed by atoms with Gasteiger partial charge in [0, 0.05) is 32.4 Å². The summed E-state index contributed by atoms with van der Waals surface area (Å²) in [5, 5.41) is 16.9. The molecular formula is C45H62Br2Cu2N14O4. The second-order valence-electron chi connectivity index (χ2n) is 15.9. The van der Waals surface area contributed by atoms with E-state index in [1.165, 1.54) is 32.4 Å². The van der Waals surface area contributed by atoms with E-state index in [2.05, 4.69) is 132 Å². The van der Waals surface area contributed by atoms with Crippen LogP contribution >= 0.6 is 30.0 Å². The molecule has 0 saturated heterocycles. The number of nitrogen functional groups attached to an aromatic ring is 1. The molecule has 0 aromatic carbocycles. The van der Waals surface area contributed by atoms with Crippen molar-refractivity contribution in [3.63, 3.8) is 0 Å². The van der Waals surface area contributed by atoms with Crippen molar-refractivity contribution in [3.8, 4) is 6.07 Å². The fraction of sp³-hybridized carbons (Fsp3) is 0.467. The molecule has 372 valence electrons. The fourth-order valence-corrected chi connectivity index (χ4v) is 3.91. The Bertz CT molecular complexity index is 2020. The number of Topliss-reactive ketones (excluding diaryl/α,β-unsaturated/α-hetero) is 2. The first-order chi connectivity index (χ1) is 30.9. The molecule has 0 radical (unpaired) electrons. The van der Waals surface area contributed by atoms with E-state index in [1.807, 2.05) is 47.6 Å². The molecule has 0 amide bonds. The van der Waals surface area contributed by atoms with Gasteiger partial charge < -0.3 is 22.4 Å². The quantitative estimate of drug-likeness (QED) is 0.0497. The predicted molar refractivity (Wildman–Crippen MR) is 258 cm³/mol.